The molecule has 1 saturated heterocycles. The number of hydrogen-bond donors (Lipinski definition) is 1. The van der Waals surface area contributed by atoms with Crippen LogP contribution in [0.4, 0.5) is 0 Å². The molecule has 1 N–H and O–H groups in total. The zero-order chi connectivity index (χ0) is 23.3. The summed E-state index contributed by atoms with van der Waals surface area (Å²) in [5.41, 5.74) is 1.28. The van der Waals surface area contributed by atoms with E-state index in [0.29, 0.717) is 31.5 Å². The lowest BCUT2D eigenvalue weighted by molar-refractivity contribution is -0.134. The first-order valence-electron chi connectivity index (χ1n) is 11.4. The standard InChI is InChI=1S/C28H28BrNO3/c29-25-13-11-21(12-14-25)26(31)15-16-27(32)30-19-17-24(18-20-30)28(33,22-7-3-1-4-8-22)23-9-5-2-6-10-23/h1-14,24,33H,15-20H2. The molecule has 1 amide bonds. The summed E-state index contributed by atoms with van der Waals surface area (Å²) >= 11 is 3.37. The summed E-state index contributed by atoms with van der Waals surface area (Å²) in [7, 11) is 0. The Kier molecular flexibility index (Phi) is 7.41. The minimum atomic E-state index is -1.10. The van der Waals surface area contributed by atoms with Crippen molar-refractivity contribution in [3.05, 3.63) is 106 Å². The molecule has 33 heavy (non-hydrogen) atoms. The molecule has 0 atom stereocenters. The first-order chi connectivity index (χ1) is 16.0. The second kappa shape index (κ2) is 10.4. The number of carbonyl (C=O) groups is 2. The summed E-state index contributed by atoms with van der Waals surface area (Å²) in [4.78, 5) is 27.0. The summed E-state index contributed by atoms with van der Waals surface area (Å²) in [6.45, 7) is 1.16. The zero-order valence-corrected chi connectivity index (χ0v) is 20.1. The summed E-state index contributed by atoms with van der Waals surface area (Å²) in [6.07, 6.45) is 1.82. The molecule has 5 heteroatoms. The summed E-state index contributed by atoms with van der Waals surface area (Å²) < 4.78 is 0.920. The predicted molar refractivity (Wildman–Crippen MR) is 133 cm³/mol. The normalized spacial score (nSPS) is 14.8. The van der Waals surface area contributed by atoms with Gasteiger partial charge in [-0.05, 0) is 42.0 Å². The third-order valence-electron chi connectivity index (χ3n) is 6.60. The Bertz CT molecular complexity index is 1040. The van der Waals surface area contributed by atoms with E-state index in [9.17, 15) is 14.7 Å². The second-order valence-electron chi connectivity index (χ2n) is 8.58. The molecular weight excluding hydrogens is 478 g/mol. The van der Waals surface area contributed by atoms with Crippen LogP contribution in [0, 0.1) is 5.92 Å². The Balaban J connectivity index is 1.40. The topological polar surface area (TPSA) is 57.6 Å². The van der Waals surface area contributed by atoms with Crippen LogP contribution in [-0.4, -0.2) is 34.8 Å². The Hall–Kier alpha value is -2.76. The lowest BCUT2D eigenvalue weighted by Gasteiger charge is -2.42. The molecule has 1 aliphatic rings. The van der Waals surface area contributed by atoms with Crippen molar-refractivity contribution in [1.29, 1.82) is 0 Å². The van der Waals surface area contributed by atoms with Crippen molar-refractivity contribution in [2.24, 2.45) is 5.92 Å². The lowest BCUT2D eigenvalue weighted by atomic mass is 9.72. The van der Waals surface area contributed by atoms with Gasteiger partial charge in [0.2, 0.25) is 5.91 Å². The van der Waals surface area contributed by atoms with E-state index < -0.39 is 5.60 Å². The fourth-order valence-corrected chi connectivity index (χ4v) is 4.99. The highest BCUT2D eigenvalue weighted by molar-refractivity contribution is 9.10. The van der Waals surface area contributed by atoms with Gasteiger partial charge in [0.05, 0.1) is 0 Å². The maximum absolute atomic E-state index is 12.8. The number of ketones is 1. The van der Waals surface area contributed by atoms with Crippen LogP contribution < -0.4 is 0 Å². The largest absolute Gasteiger partial charge is 0.380 e. The van der Waals surface area contributed by atoms with Gasteiger partial charge >= 0.3 is 0 Å². The molecule has 170 valence electrons. The van der Waals surface area contributed by atoms with Crippen LogP contribution in [0.2, 0.25) is 0 Å². The van der Waals surface area contributed by atoms with Crippen LogP contribution in [0.5, 0.6) is 0 Å². The number of halogens is 1. The summed E-state index contributed by atoms with van der Waals surface area (Å²) in [5.74, 6) is -0.0223. The predicted octanol–water partition coefficient (Wildman–Crippen LogP) is 5.59. The average molecular weight is 506 g/mol. The van der Waals surface area contributed by atoms with Crippen molar-refractivity contribution in [2.45, 2.75) is 31.3 Å². The number of benzene rings is 3. The molecule has 0 aromatic heterocycles. The number of hydrogen-bond acceptors (Lipinski definition) is 3. The van der Waals surface area contributed by atoms with E-state index in [4.69, 9.17) is 0 Å². The number of likely N-dealkylation sites (tertiary alicyclic amines) is 1. The van der Waals surface area contributed by atoms with E-state index in [1.807, 2.05) is 77.7 Å². The van der Waals surface area contributed by atoms with E-state index in [1.165, 1.54) is 0 Å². The van der Waals surface area contributed by atoms with Crippen molar-refractivity contribution in [3.8, 4) is 0 Å². The third kappa shape index (κ3) is 5.26. The van der Waals surface area contributed by atoms with E-state index in [-0.39, 0.29) is 30.4 Å². The number of aliphatic hydroxyl groups is 1. The Labute approximate surface area is 203 Å². The van der Waals surface area contributed by atoms with E-state index in [0.717, 1.165) is 15.6 Å². The smallest absolute Gasteiger partial charge is 0.223 e. The van der Waals surface area contributed by atoms with Crippen molar-refractivity contribution in [2.75, 3.05) is 13.1 Å². The molecule has 1 fully saturated rings. The first-order valence-corrected chi connectivity index (χ1v) is 12.2. The molecule has 0 unspecified atom stereocenters. The van der Waals surface area contributed by atoms with Gasteiger partial charge in [-0.3, -0.25) is 9.59 Å². The molecule has 3 aromatic carbocycles. The molecule has 0 radical (unpaired) electrons. The minimum Gasteiger partial charge on any atom is -0.380 e. The lowest BCUT2D eigenvalue weighted by Crippen LogP contribution is -2.46. The van der Waals surface area contributed by atoms with Crippen molar-refractivity contribution in [1.82, 2.24) is 4.90 Å². The van der Waals surface area contributed by atoms with Gasteiger partial charge in [-0.25, -0.2) is 0 Å². The van der Waals surface area contributed by atoms with Gasteiger partial charge in [-0.1, -0.05) is 88.7 Å². The fraction of sp³-hybridized carbons (Fsp3) is 0.286. The number of carbonyl (C=O) groups excluding carboxylic acids is 2. The van der Waals surface area contributed by atoms with Gasteiger partial charge in [0.1, 0.15) is 5.60 Å². The summed E-state index contributed by atoms with van der Waals surface area (Å²) in [6, 6.07) is 26.8. The van der Waals surface area contributed by atoms with Gasteiger partial charge in [0, 0.05) is 36.0 Å². The fourth-order valence-electron chi connectivity index (χ4n) is 4.73. The highest BCUT2D eigenvalue weighted by Gasteiger charge is 2.42. The van der Waals surface area contributed by atoms with Gasteiger partial charge in [-0.2, -0.15) is 0 Å². The Morgan fingerprint density at radius 1 is 0.818 bits per heavy atom. The quantitative estimate of drug-likeness (QED) is 0.426. The molecule has 3 aromatic rings. The number of Topliss-reactive ketones (excluding diaryl/α,β-unsaturated/α-hetero) is 1. The van der Waals surface area contributed by atoms with Gasteiger partial charge in [0.25, 0.3) is 0 Å². The first kappa shape index (κ1) is 23.4. The monoisotopic (exact) mass is 505 g/mol. The van der Waals surface area contributed by atoms with Gasteiger partial charge in [0.15, 0.2) is 5.78 Å². The van der Waals surface area contributed by atoms with E-state index in [1.54, 1.807) is 12.1 Å². The van der Waals surface area contributed by atoms with Crippen LogP contribution >= 0.6 is 15.9 Å². The highest BCUT2D eigenvalue weighted by Crippen LogP contribution is 2.41. The van der Waals surface area contributed by atoms with Crippen molar-refractivity contribution < 1.29 is 14.7 Å². The number of amides is 1. The van der Waals surface area contributed by atoms with Crippen molar-refractivity contribution in [3.63, 3.8) is 0 Å². The molecule has 0 bridgehead atoms. The van der Waals surface area contributed by atoms with Crippen LogP contribution in [-0.2, 0) is 10.4 Å². The van der Waals surface area contributed by atoms with Gasteiger partial charge < -0.3 is 10.0 Å². The minimum absolute atomic E-state index is 0.00173. The zero-order valence-electron chi connectivity index (χ0n) is 18.5. The van der Waals surface area contributed by atoms with Crippen LogP contribution in [0.3, 0.4) is 0 Å². The van der Waals surface area contributed by atoms with E-state index in [2.05, 4.69) is 15.9 Å². The van der Waals surface area contributed by atoms with Gasteiger partial charge in [-0.15, -0.1) is 0 Å². The average Bonchev–Trinajstić information content (AvgIpc) is 2.88. The number of piperidine rings is 1. The Morgan fingerprint density at radius 2 is 1.33 bits per heavy atom. The van der Waals surface area contributed by atoms with E-state index >= 15 is 0 Å². The molecule has 0 spiro atoms. The molecule has 4 nitrogen and oxygen atoms in total. The van der Waals surface area contributed by atoms with Crippen LogP contribution in [0.1, 0.15) is 47.2 Å². The van der Waals surface area contributed by atoms with Crippen molar-refractivity contribution >= 4 is 27.6 Å². The highest BCUT2D eigenvalue weighted by atomic mass is 79.9. The maximum Gasteiger partial charge on any atom is 0.223 e. The second-order valence-corrected chi connectivity index (χ2v) is 9.50. The Morgan fingerprint density at radius 3 is 1.85 bits per heavy atom. The molecule has 4 rings (SSSR count). The van der Waals surface area contributed by atoms with Crippen LogP contribution in [0.25, 0.3) is 0 Å². The molecule has 0 saturated carbocycles. The molecule has 1 heterocycles. The third-order valence-corrected chi connectivity index (χ3v) is 7.13. The number of rotatable bonds is 7. The molecule has 0 aliphatic carbocycles. The molecular formula is C28H28BrNO3. The van der Waals surface area contributed by atoms with Crippen LogP contribution in [0.15, 0.2) is 89.4 Å². The SMILES string of the molecule is O=C(CCC(=O)N1CCC(C(O)(c2ccccc2)c2ccccc2)CC1)c1ccc(Br)cc1. The molecule has 1 aliphatic heterocycles. The summed E-state index contributed by atoms with van der Waals surface area (Å²) in [5, 5.41) is 12.0. The maximum atomic E-state index is 12.8. The number of nitrogens with zero attached hydrogens (tertiary/aromatic N) is 1.